The minimum Gasteiger partial charge on any atom is -0.387 e. The Morgan fingerprint density at radius 1 is 1.46 bits per heavy atom. The van der Waals surface area contributed by atoms with E-state index in [1.165, 1.54) is 29.0 Å². The SMILES string of the molecule is CSCC1OC(n2cnc3c(N)ncnc32)C(OP(=O)(O)O)C1O. The third-order valence-corrected chi connectivity index (χ3v) is 4.74. The maximum Gasteiger partial charge on any atom is 0.470 e. The van der Waals surface area contributed by atoms with E-state index in [0.717, 1.165) is 0 Å². The number of hydrogen-bond acceptors (Lipinski definition) is 9. The van der Waals surface area contributed by atoms with Gasteiger partial charge in [-0.05, 0) is 6.26 Å². The van der Waals surface area contributed by atoms with Crippen LogP contribution in [-0.2, 0) is 13.8 Å². The Bertz CT molecular complexity index is 783. The summed E-state index contributed by atoms with van der Waals surface area (Å²) in [6.45, 7) is 0. The molecular weight excluding hydrogens is 361 g/mol. The van der Waals surface area contributed by atoms with Gasteiger partial charge in [-0.1, -0.05) is 0 Å². The molecule has 4 unspecified atom stereocenters. The van der Waals surface area contributed by atoms with Crippen LogP contribution in [0.1, 0.15) is 6.23 Å². The Hall–Kier alpha value is -1.27. The molecular formula is C11H16N5O6PS. The first-order chi connectivity index (χ1) is 11.3. The smallest absolute Gasteiger partial charge is 0.387 e. The highest BCUT2D eigenvalue weighted by Gasteiger charge is 2.48. The second-order valence-corrected chi connectivity index (χ2v) is 7.26. The second-order valence-electron chi connectivity index (χ2n) is 5.15. The molecule has 0 aromatic carbocycles. The van der Waals surface area contributed by atoms with Gasteiger partial charge in [-0.15, -0.1) is 0 Å². The summed E-state index contributed by atoms with van der Waals surface area (Å²) in [5.41, 5.74) is 6.36. The maximum absolute atomic E-state index is 11.3. The Kier molecular flexibility index (Phi) is 4.80. The van der Waals surface area contributed by atoms with Crippen LogP contribution < -0.4 is 5.73 Å². The number of nitrogen functional groups attached to an aromatic ring is 1. The third-order valence-electron chi connectivity index (χ3n) is 3.56. The predicted molar refractivity (Wildman–Crippen MR) is 85.0 cm³/mol. The number of phosphoric acid groups is 1. The highest BCUT2D eigenvalue weighted by atomic mass is 32.2. The van der Waals surface area contributed by atoms with Crippen molar-refractivity contribution in [2.45, 2.75) is 24.5 Å². The first-order valence-electron chi connectivity index (χ1n) is 6.81. The van der Waals surface area contributed by atoms with E-state index in [4.69, 9.17) is 24.8 Å². The molecule has 0 saturated carbocycles. The Morgan fingerprint density at radius 3 is 2.88 bits per heavy atom. The second kappa shape index (κ2) is 6.56. The summed E-state index contributed by atoms with van der Waals surface area (Å²) >= 11 is 1.42. The van der Waals surface area contributed by atoms with Crippen molar-refractivity contribution in [3.63, 3.8) is 0 Å². The minimum atomic E-state index is -4.84. The lowest BCUT2D eigenvalue weighted by molar-refractivity contribution is -0.0281. The molecule has 24 heavy (non-hydrogen) atoms. The molecule has 0 aliphatic carbocycles. The number of aromatic nitrogens is 4. The van der Waals surface area contributed by atoms with Crippen LogP contribution in [0.2, 0.25) is 0 Å². The highest BCUT2D eigenvalue weighted by Crippen LogP contribution is 2.45. The van der Waals surface area contributed by atoms with Gasteiger partial charge in [0.1, 0.15) is 24.1 Å². The number of rotatable bonds is 5. The number of nitrogens with zero attached hydrogens (tertiary/aromatic N) is 4. The van der Waals surface area contributed by atoms with Crippen LogP contribution >= 0.6 is 19.6 Å². The van der Waals surface area contributed by atoms with Crippen LogP contribution in [0.25, 0.3) is 11.2 Å². The van der Waals surface area contributed by atoms with Gasteiger partial charge < -0.3 is 25.4 Å². The summed E-state index contributed by atoms with van der Waals surface area (Å²) in [5.74, 6) is 0.577. The predicted octanol–water partition coefficient (Wildman–Crippen LogP) is -0.492. The molecule has 3 rings (SSSR count). The van der Waals surface area contributed by atoms with Gasteiger partial charge in [-0.3, -0.25) is 9.09 Å². The van der Waals surface area contributed by atoms with Crippen molar-refractivity contribution in [3.05, 3.63) is 12.7 Å². The zero-order chi connectivity index (χ0) is 17.5. The fraction of sp³-hybridized carbons (Fsp3) is 0.545. The zero-order valence-electron chi connectivity index (χ0n) is 12.5. The van der Waals surface area contributed by atoms with Crippen LogP contribution in [-0.4, -0.2) is 64.7 Å². The van der Waals surface area contributed by atoms with Crippen molar-refractivity contribution in [2.24, 2.45) is 0 Å². The first-order valence-corrected chi connectivity index (χ1v) is 9.73. The first kappa shape index (κ1) is 17.5. The molecule has 2 aromatic heterocycles. The van der Waals surface area contributed by atoms with Gasteiger partial charge >= 0.3 is 7.82 Å². The topological polar surface area (TPSA) is 166 Å². The number of aliphatic hydroxyl groups excluding tert-OH is 1. The maximum atomic E-state index is 11.3. The monoisotopic (exact) mass is 377 g/mol. The summed E-state index contributed by atoms with van der Waals surface area (Å²) in [6, 6.07) is 0. The summed E-state index contributed by atoms with van der Waals surface area (Å²) in [6.07, 6.45) is 0.192. The largest absolute Gasteiger partial charge is 0.470 e. The van der Waals surface area contributed by atoms with Crippen LogP contribution in [0.15, 0.2) is 12.7 Å². The molecule has 11 nitrogen and oxygen atoms in total. The van der Waals surface area contributed by atoms with Gasteiger partial charge in [-0.2, -0.15) is 11.8 Å². The summed E-state index contributed by atoms with van der Waals surface area (Å²) in [7, 11) is -4.84. The number of hydrogen-bond donors (Lipinski definition) is 4. The van der Waals surface area contributed by atoms with Crippen LogP contribution in [0.5, 0.6) is 0 Å². The number of aliphatic hydroxyl groups is 1. The van der Waals surface area contributed by atoms with Crippen molar-refractivity contribution < 1.29 is 28.7 Å². The lowest BCUT2D eigenvalue weighted by atomic mass is 10.1. The Morgan fingerprint density at radius 2 is 2.21 bits per heavy atom. The number of thioether (sulfide) groups is 1. The fourth-order valence-electron chi connectivity index (χ4n) is 2.57. The van der Waals surface area contributed by atoms with Gasteiger partial charge in [0.25, 0.3) is 0 Å². The van der Waals surface area contributed by atoms with Gasteiger partial charge in [0.05, 0.1) is 12.4 Å². The van der Waals surface area contributed by atoms with E-state index in [2.05, 4.69) is 15.0 Å². The lowest BCUT2D eigenvalue weighted by Gasteiger charge is -2.22. The summed E-state index contributed by atoms with van der Waals surface area (Å²) < 4.78 is 23.2. The van der Waals surface area contributed by atoms with Crippen LogP contribution in [0.4, 0.5) is 5.82 Å². The standard InChI is InChI=1S/C11H16N5O6PS/c1-24-2-5-7(17)8(22-23(18,19)20)11(21-5)16-4-15-6-9(12)13-3-14-10(6)16/h3-5,7-8,11,17H,2H2,1H3,(H2,12,13,14)(H2,18,19,20). The molecule has 0 radical (unpaired) electrons. The van der Waals surface area contributed by atoms with Crippen LogP contribution in [0.3, 0.4) is 0 Å². The molecule has 0 bridgehead atoms. The molecule has 3 heterocycles. The molecule has 1 saturated heterocycles. The molecule has 0 amide bonds. The number of phosphoric ester groups is 1. The van der Waals surface area contributed by atoms with Gasteiger partial charge in [0.2, 0.25) is 0 Å². The molecule has 5 N–H and O–H groups in total. The minimum absolute atomic E-state index is 0.158. The molecule has 0 spiro atoms. The molecule has 1 aliphatic rings. The molecule has 4 atom stereocenters. The van der Waals surface area contributed by atoms with Crippen molar-refractivity contribution in [1.29, 1.82) is 0 Å². The highest BCUT2D eigenvalue weighted by molar-refractivity contribution is 7.98. The molecule has 132 valence electrons. The van der Waals surface area contributed by atoms with Crippen molar-refractivity contribution in [2.75, 3.05) is 17.7 Å². The van der Waals surface area contributed by atoms with E-state index in [0.29, 0.717) is 16.9 Å². The Balaban J connectivity index is 2.01. The number of anilines is 1. The third kappa shape index (κ3) is 3.26. The van der Waals surface area contributed by atoms with Crippen molar-refractivity contribution >= 4 is 36.6 Å². The normalized spacial score (nSPS) is 27.8. The van der Waals surface area contributed by atoms with Gasteiger partial charge in [-0.25, -0.2) is 19.5 Å². The molecule has 13 heteroatoms. The van der Waals surface area contributed by atoms with Gasteiger partial charge in [0, 0.05) is 5.75 Å². The number of nitrogens with two attached hydrogens (primary N) is 1. The summed E-state index contributed by atoms with van der Waals surface area (Å²) in [4.78, 5) is 30.2. The van der Waals surface area contributed by atoms with Gasteiger partial charge in [0.15, 0.2) is 17.7 Å². The van der Waals surface area contributed by atoms with E-state index in [1.807, 2.05) is 6.26 Å². The molecule has 2 aromatic rings. The number of fused-ring (bicyclic) bond motifs is 1. The van der Waals surface area contributed by atoms with Crippen LogP contribution in [0, 0.1) is 0 Å². The average Bonchev–Trinajstić information content (AvgIpc) is 3.04. The van der Waals surface area contributed by atoms with E-state index in [9.17, 15) is 9.67 Å². The zero-order valence-corrected chi connectivity index (χ0v) is 14.2. The van der Waals surface area contributed by atoms with Crippen molar-refractivity contribution in [3.8, 4) is 0 Å². The fourth-order valence-corrected chi connectivity index (χ4v) is 3.72. The Labute approximate surface area is 140 Å². The molecule has 1 fully saturated rings. The van der Waals surface area contributed by atoms with E-state index in [-0.39, 0.29) is 5.82 Å². The lowest BCUT2D eigenvalue weighted by Crippen LogP contribution is -2.34. The quantitative estimate of drug-likeness (QED) is 0.496. The number of ether oxygens (including phenoxy) is 1. The van der Waals surface area contributed by atoms with E-state index >= 15 is 0 Å². The van der Waals surface area contributed by atoms with Crippen molar-refractivity contribution in [1.82, 2.24) is 19.5 Å². The average molecular weight is 377 g/mol. The summed E-state index contributed by atoms with van der Waals surface area (Å²) in [5, 5.41) is 10.3. The van der Waals surface area contributed by atoms with E-state index in [1.54, 1.807) is 0 Å². The van der Waals surface area contributed by atoms with E-state index < -0.39 is 32.4 Å². The molecule has 1 aliphatic heterocycles. The number of imidazole rings is 1.